The summed E-state index contributed by atoms with van der Waals surface area (Å²) >= 11 is 0. The molecule has 2 rings (SSSR count). The van der Waals surface area contributed by atoms with Gasteiger partial charge in [-0.25, -0.2) is 4.79 Å². The van der Waals surface area contributed by atoms with Crippen molar-refractivity contribution in [2.75, 3.05) is 6.61 Å². The minimum Gasteiger partial charge on any atom is -0.432 e. The first kappa shape index (κ1) is 17.5. The van der Waals surface area contributed by atoms with Crippen molar-refractivity contribution in [1.29, 1.82) is 0 Å². The van der Waals surface area contributed by atoms with Gasteiger partial charge in [0.2, 0.25) is 0 Å². The summed E-state index contributed by atoms with van der Waals surface area (Å²) in [6, 6.07) is 0. The van der Waals surface area contributed by atoms with Crippen LogP contribution in [-0.2, 0) is 19.2 Å². The molecule has 2 fully saturated rings. The Morgan fingerprint density at radius 3 is 2.48 bits per heavy atom. The van der Waals surface area contributed by atoms with Crippen LogP contribution in [0.3, 0.4) is 0 Å². The third kappa shape index (κ3) is 4.56. The summed E-state index contributed by atoms with van der Waals surface area (Å²) in [5, 5.41) is 0.513. The molecule has 0 bridgehead atoms. The number of nitrogens with zero attached hydrogens (tertiary/aromatic N) is 1. The number of unbranched alkanes of at least 4 members (excludes halogenated alkanes) is 1. The highest BCUT2D eigenvalue weighted by atomic mass is 16.8. The number of carbonyl (C=O) groups is 3. The number of amides is 2. The number of allylic oxidation sites excluding steroid dienone is 1. The minimum absolute atomic E-state index is 0.0808. The summed E-state index contributed by atoms with van der Waals surface area (Å²) in [5.74, 6) is 0.491. The predicted octanol–water partition coefficient (Wildman–Crippen LogP) is 3.22. The molecule has 6 nitrogen and oxygen atoms in total. The van der Waals surface area contributed by atoms with E-state index >= 15 is 0 Å². The Morgan fingerprint density at radius 2 is 1.87 bits per heavy atom. The van der Waals surface area contributed by atoms with Gasteiger partial charge in [0.05, 0.1) is 6.61 Å². The lowest BCUT2D eigenvalue weighted by atomic mass is 10.1. The first-order valence-corrected chi connectivity index (χ1v) is 8.39. The normalized spacial score (nSPS) is 26.3. The van der Waals surface area contributed by atoms with Crippen molar-refractivity contribution in [3.05, 3.63) is 12.7 Å². The molecule has 6 heteroatoms. The summed E-state index contributed by atoms with van der Waals surface area (Å²) in [7, 11) is 0. The first-order valence-electron chi connectivity index (χ1n) is 8.39. The molecule has 2 amide bonds. The Bertz CT molecular complexity index is 460. The molecule has 0 aromatic carbocycles. The highest BCUT2D eigenvalue weighted by Gasteiger charge is 2.49. The van der Waals surface area contributed by atoms with Crippen LogP contribution in [0.25, 0.3) is 0 Å². The van der Waals surface area contributed by atoms with Crippen LogP contribution >= 0.6 is 0 Å². The van der Waals surface area contributed by atoms with Crippen LogP contribution in [0.4, 0.5) is 4.79 Å². The fourth-order valence-electron chi connectivity index (χ4n) is 3.30. The molecular formula is C17H25NO5. The molecule has 1 aliphatic carbocycles. The average Bonchev–Trinajstić information content (AvgIpc) is 3.12. The number of rotatable bonds is 9. The maximum absolute atomic E-state index is 11.7. The van der Waals surface area contributed by atoms with Crippen molar-refractivity contribution < 1.29 is 24.0 Å². The van der Waals surface area contributed by atoms with Crippen LogP contribution in [0.5, 0.6) is 0 Å². The van der Waals surface area contributed by atoms with Crippen molar-refractivity contribution in [3.8, 4) is 0 Å². The highest BCUT2D eigenvalue weighted by molar-refractivity contribution is 6.01. The Morgan fingerprint density at radius 1 is 1.22 bits per heavy atom. The van der Waals surface area contributed by atoms with Crippen molar-refractivity contribution in [2.24, 2.45) is 17.8 Å². The number of hydrogen-bond acceptors (Lipinski definition) is 5. The van der Waals surface area contributed by atoms with E-state index in [-0.39, 0.29) is 19.4 Å². The number of ether oxygens (including phenoxy) is 1. The van der Waals surface area contributed by atoms with Gasteiger partial charge in [0.15, 0.2) is 0 Å². The maximum Gasteiger partial charge on any atom is 0.533 e. The summed E-state index contributed by atoms with van der Waals surface area (Å²) in [6.07, 6.45) is 6.59. The lowest BCUT2D eigenvalue weighted by Gasteiger charge is -2.12. The zero-order chi connectivity index (χ0) is 16.8. The van der Waals surface area contributed by atoms with E-state index in [4.69, 9.17) is 9.57 Å². The van der Waals surface area contributed by atoms with Crippen LogP contribution in [0.2, 0.25) is 0 Å². The smallest absolute Gasteiger partial charge is 0.432 e. The van der Waals surface area contributed by atoms with Gasteiger partial charge in [0, 0.05) is 12.8 Å². The monoisotopic (exact) mass is 323 g/mol. The van der Waals surface area contributed by atoms with Gasteiger partial charge in [-0.1, -0.05) is 30.9 Å². The van der Waals surface area contributed by atoms with E-state index in [2.05, 4.69) is 13.5 Å². The molecule has 1 saturated heterocycles. The van der Waals surface area contributed by atoms with Crippen LogP contribution in [0.15, 0.2) is 12.7 Å². The Balaban J connectivity index is 1.74. The summed E-state index contributed by atoms with van der Waals surface area (Å²) in [5.41, 5.74) is 0. The van der Waals surface area contributed by atoms with Gasteiger partial charge in [0.1, 0.15) is 0 Å². The fraction of sp³-hybridized carbons (Fsp3) is 0.706. The van der Waals surface area contributed by atoms with Gasteiger partial charge in [-0.2, -0.15) is 0 Å². The summed E-state index contributed by atoms with van der Waals surface area (Å²) < 4.78 is 5.11. The first-order chi connectivity index (χ1) is 11.1. The van der Waals surface area contributed by atoms with Crippen LogP contribution in [0, 0.1) is 17.8 Å². The van der Waals surface area contributed by atoms with Gasteiger partial charge in [-0.3, -0.25) is 14.4 Å². The van der Waals surface area contributed by atoms with Crippen molar-refractivity contribution in [3.63, 3.8) is 0 Å². The van der Waals surface area contributed by atoms with Crippen LogP contribution < -0.4 is 0 Å². The molecule has 2 aliphatic rings. The molecule has 23 heavy (non-hydrogen) atoms. The third-order valence-electron chi connectivity index (χ3n) is 4.67. The number of hydroxylamine groups is 2. The molecule has 1 aliphatic heterocycles. The Kier molecular flexibility index (Phi) is 6.19. The molecule has 3 atom stereocenters. The molecule has 1 heterocycles. The van der Waals surface area contributed by atoms with E-state index < -0.39 is 18.0 Å². The Hall–Kier alpha value is -1.85. The molecule has 0 spiro atoms. The van der Waals surface area contributed by atoms with Gasteiger partial charge < -0.3 is 4.74 Å². The highest BCUT2D eigenvalue weighted by Crippen LogP contribution is 2.52. The summed E-state index contributed by atoms with van der Waals surface area (Å²) in [4.78, 5) is 39.1. The molecule has 0 unspecified atom stereocenters. The van der Waals surface area contributed by atoms with E-state index in [9.17, 15) is 14.4 Å². The number of imide groups is 1. The molecule has 0 aromatic heterocycles. The van der Waals surface area contributed by atoms with E-state index in [0.29, 0.717) is 22.8 Å². The average molecular weight is 323 g/mol. The maximum atomic E-state index is 11.7. The van der Waals surface area contributed by atoms with Crippen LogP contribution in [-0.4, -0.2) is 29.6 Å². The zero-order valence-electron chi connectivity index (χ0n) is 13.7. The van der Waals surface area contributed by atoms with Gasteiger partial charge in [0.25, 0.3) is 11.8 Å². The van der Waals surface area contributed by atoms with E-state index in [1.165, 1.54) is 6.42 Å². The fourth-order valence-corrected chi connectivity index (χ4v) is 3.30. The summed E-state index contributed by atoms with van der Waals surface area (Å²) in [6.45, 7) is 6.19. The van der Waals surface area contributed by atoms with Crippen molar-refractivity contribution in [2.45, 2.75) is 51.9 Å². The largest absolute Gasteiger partial charge is 0.533 e. The lowest BCUT2D eigenvalue weighted by Crippen LogP contribution is -2.32. The third-order valence-corrected chi connectivity index (χ3v) is 4.67. The van der Waals surface area contributed by atoms with E-state index in [1.807, 2.05) is 6.08 Å². The van der Waals surface area contributed by atoms with Gasteiger partial charge >= 0.3 is 6.16 Å². The van der Waals surface area contributed by atoms with E-state index in [1.54, 1.807) is 0 Å². The van der Waals surface area contributed by atoms with Crippen molar-refractivity contribution in [1.82, 2.24) is 5.06 Å². The lowest BCUT2D eigenvalue weighted by molar-refractivity contribution is -0.177. The number of carbonyl (C=O) groups excluding carboxylic acids is 3. The predicted molar refractivity (Wildman–Crippen MR) is 82.9 cm³/mol. The molecular weight excluding hydrogens is 298 g/mol. The molecule has 0 aromatic rings. The van der Waals surface area contributed by atoms with Crippen LogP contribution in [0.1, 0.15) is 51.9 Å². The molecule has 0 N–H and O–H groups in total. The second-order valence-electron chi connectivity index (χ2n) is 6.23. The molecule has 128 valence electrons. The zero-order valence-corrected chi connectivity index (χ0v) is 13.7. The topological polar surface area (TPSA) is 72.9 Å². The second-order valence-corrected chi connectivity index (χ2v) is 6.23. The standard InChI is InChI=1S/C17H25NO5/c1-3-5-7-12-13(8-6-4-2)14(12)11-22-17(21)23-18-15(19)9-10-16(18)20/h3,12-14H,1,4-11H2,2H3/t12-,13+,14-/m0/s1. The second kappa shape index (κ2) is 8.13. The quantitative estimate of drug-likeness (QED) is 0.370. The van der Waals surface area contributed by atoms with E-state index in [0.717, 1.165) is 25.7 Å². The number of hydrogen-bond donors (Lipinski definition) is 0. The SMILES string of the molecule is C=CCC[C@H]1[C@@H](CCCC)[C@H]1COC(=O)ON1C(=O)CCC1=O. The minimum atomic E-state index is -0.975. The van der Waals surface area contributed by atoms with Crippen molar-refractivity contribution >= 4 is 18.0 Å². The van der Waals surface area contributed by atoms with Gasteiger partial charge in [-0.15, -0.1) is 6.58 Å². The molecule has 1 saturated carbocycles. The molecule has 0 radical (unpaired) electrons. The Labute approximate surface area is 136 Å². The van der Waals surface area contributed by atoms with Gasteiger partial charge in [-0.05, 0) is 37.0 Å².